The fraction of sp³-hybridized carbons (Fsp3) is 0.667. The maximum atomic E-state index is 5.64. The number of nitrogens with zero attached hydrogens (tertiary/aromatic N) is 2. The molecule has 0 radical (unpaired) electrons. The number of aromatic nitrogens is 1. The largest absolute Gasteiger partial charge is 0.493 e. The molecule has 1 fully saturated rings. The number of ether oxygens (including phenoxy) is 2. The lowest BCUT2D eigenvalue weighted by Crippen LogP contribution is -2.41. The molecule has 1 aliphatic carbocycles. The fourth-order valence-electron chi connectivity index (χ4n) is 2.59. The molecule has 0 saturated heterocycles. The highest BCUT2D eigenvalue weighted by atomic mass is 16.5. The quantitative estimate of drug-likeness (QED) is 0.786. The molecule has 2 rings (SSSR count). The fourth-order valence-corrected chi connectivity index (χ4v) is 2.59. The first-order valence-corrected chi connectivity index (χ1v) is 7.30. The Kier molecular flexibility index (Phi) is 5.61. The van der Waals surface area contributed by atoms with Crippen LogP contribution in [0.1, 0.15) is 31.4 Å². The second-order valence-corrected chi connectivity index (χ2v) is 5.19. The molecule has 0 atom stereocenters. The van der Waals surface area contributed by atoms with Crippen molar-refractivity contribution in [2.24, 2.45) is 5.73 Å². The number of nitrogens with two attached hydrogens (primary N) is 1. The average Bonchev–Trinajstić information content (AvgIpc) is 2.42. The van der Waals surface area contributed by atoms with Gasteiger partial charge < -0.3 is 15.2 Å². The van der Waals surface area contributed by atoms with Gasteiger partial charge in [-0.15, -0.1) is 0 Å². The Morgan fingerprint density at radius 2 is 2.15 bits per heavy atom. The smallest absolute Gasteiger partial charge is 0.183 e. The molecular weight excluding hydrogens is 254 g/mol. The van der Waals surface area contributed by atoms with Crippen molar-refractivity contribution in [2.45, 2.75) is 38.3 Å². The summed E-state index contributed by atoms with van der Waals surface area (Å²) in [6, 6.07) is 2.50. The van der Waals surface area contributed by atoms with E-state index in [4.69, 9.17) is 15.2 Å². The molecule has 1 aromatic heterocycles. The summed E-state index contributed by atoms with van der Waals surface area (Å²) in [7, 11) is 3.32. The van der Waals surface area contributed by atoms with Crippen molar-refractivity contribution in [3.05, 3.63) is 18.0 Å². The van der Waals surface area contributed by atoms with Crippen LogP contribution in [0, 0.1) is 0 Å². The van der Waals surface area contributed by atoms with Crippen LogP contribution in [-0.4, -0.2) is 43.2 Å². The number of pyridine rings is 1. The Bertz CT molecular complexity index is 422. The van der Waals surface area contributed by atoms with E-state index < -0.39 is 0 Å². The third-order valence-corrected chi connectivity index (χ3v) is 3.96. The van der Waals surface area contributed by atoms with Crippen molar-refractivity contribution in [1.82, 2.24) is 9.88 Å². The zero-order valence-corrected chi connectivity index (χ0v) is 12.5. The van der Waals surface area contributed by atoms with Crippen molar-refractivity contribution < 1.29 is 9.47 Å². The first-order chi connectivity index (χ1) is 9.80. The second-order valence-electron chi connectivity index (χ2n) is 5.19. The Morgan fingerprint density at radius 3 is 2.70 bits per heavy atom. The Morgan fingerprint density at radius 1 is 1.35 bits per heavy atom. The van der Waals surface area contributed by atoms with E-state index in [0.29, 0.717) is 6.04 Å². The third kappa shape index (κ3) is 3.41. The average molecular weight is 279 g/mol. The predicted octanol–water partition coefficient (Wildman–Crippen LogP) is 1.80. The van der Waals surface area contributed by atoms with Crippen LogP contribution in [-0.2, 0) is 6.54 Å². The van der Waals surface area contributed by atoms with Crippen LogP contribution in [0.2, 0.25) is 0 Å². The molecule has 2 N–H and O–H groups in total. The van der Waals surface area contributed by atoms with Crippen LogP contribution >= 0.6 is 0 Å². The summed E-state index contributed by atoms with van der Waals surface area (Å²) in [5.41, 5.74) is 6.59. The maximum absolute atomic E-state index is 5.64. The van der Waals surface area contributed by atoms with Crippen molar-refractivity contribution in [1.29, 1.82) is 0 Å². The molecule has 1 aromatic rings. The predicted molar refractivity (Wildman–Crippen MR) is 79.1 cm³/mol. The van der Waals surface area contributed by atoms with Crippen molar-refractivity contribution >= 4 is 0 Å². The summed E-state index contributed by atoms with van der Waals surface area (Å²) in [5, 5.41) is 0. The van der Waals surface area contributed by atoms with Gasteiger partial charge in [-0.1, -0.05) is 6.42 Å². The van der Waals surface area contributed by atoms with Crippen LogP contribution in [0.3, 0.4) is 0 Å². The first-order valence-electron chi connectivity index (χ1n) is 7.30. The highest BCUT2D eigenvalue weighted by Crippen LogP contribution is 2.32. The molecule has 0 aromatic carbocycles. The van der Waals surface area contributed by atoms with E-state index in [1.54, 1.807) is 20.4 Å². The third-order valence-electron chi connectivity index (χ3n) is 3.96. The van der Waals surface area contributed by atoms with Gasteiger partial charge in [0.15, 0.2) is 11.5 Å². The van der Waals surface area contributed by atoms with Gasteiger partial charge in [0.25, 0.3) is 0 Å². The summed E-state index contributed by atoms with van der Waals surface area (Å²) in [6.45, 7) is 2.54. The molecule has 1 saturated carbocycles. The lowest BCUT2D eigenvalue weighted by Gasteiger charge is -2.37. The van der Waals surface area contributed by atoms with Gasteiger partial charge in [0.2, 0.25) is 0 Å². The van der Waals surface area contributed by atoms with Crippen LogP contribution < -0.4 is 15.2 Å². The summed E-state index contributed by atoms with van der Waals surface area (Å²) in [5.74, 6) is 1.48. The van der Waals surface area contributed by atoms with Crippen LogP contribution in [0.5, 0.6) is 11.5 Å². The van der Waals surface area contributed by atoms with Crippen LogP contribution in [0.25, 0.3) is 0 Å². The minimum Gasteiger partial charge on any atom is -0.493 e. The van der Waals surface area contributed by atoms with Gasteiger partial charge in [-0.3, -0.25) is 9.88 Å². The van der Waals surface area contributed by atoms with E-state index in [2.05, 4.69) is 9.88 Å². The molecule has 5 heteroatoms. The summed E-state index contributed by atoms with van der Waals surface area (Å²) in [4.78, 5) is 6.94. The number of hydrogen-bond donors (Lipinski definition) is 1. The molecule has 0 spiro atoms. The van der Waals surface area contributed by atoms with E-state index in [-0.39, 0.29) is 0 Å². The molecule has 1 heterocycles. The van der Waals surface area contributed by atoms with Gasteiger partial charge >= 0.3 is 0 Å². The van der Waals surface area contributed by atoms with Gasteiger partial charge in [-0.05, 0) is 25.8 Å². The van der Waals surface area contributed by atoms with Gasteiger partial charge in [0.05, 0.1) is 14.2 Å². The zero-order chi connectivity index (χ0) is 14.4. The van der Waals surface area contributed by atoms with Gasteiger partial charge in [-0.25, -0.2) is 0 Å². The van der Waals surface area contributed by atoms with Gasteiger partial charge in [0, 0.05) is 31.4 Å². The van der Waals surface area contributed by atoms with Crippen LogP contribution in [0.4, 0.5) is 0 Å². The topological polar surface area (TPSA) is 60.6 Å². The molecule has 0 bridgehead atoms. The standard InChI is InChI=1S/C15H25N3O2/c1-19-14-7-9-17-13(15(14)20-2)11-18(10-4-8-16)12-5-3-6-12/h7,9,12H,3-6,8,10-11,16H2,1-2H3. The number of rotatable bonds is 8. The molecule has 20 heavy (non-hydrogen) atoms. The normalized spacial score (nSPS) is 15.2. The lowest BCUT2D eigenvalue weighted by molar-refractivity contribution is 0.116. The molecule has 0 amide bonds. The molecule has 5 nitrogen and oxygen atoms in total. The first kappa shape index (κ1) is 15.1. The SMILES string of the molecule is COc1ccnc(CN(CCCN)C2CCC2)c1OC. The molecule has 0 unspecified atom stereocenters. The van der Waals surface area contributed by atoms with Gasteiger partial charge in [0.1, 0.15) is 5.69 Å². The summed E-state index contributed by atoms with van der Waals surface area (Å²) in [6.07, 6.45) is 6.67. The van der Waals surface area contributed by atoms with Crippen molar-refractivity contribution in [3.8, 4) is 11.5 Å². The number of hydrogen-bond acceptors (Lipinski definition) is 5. The monoisotopic (exact) mass is 279 g/mol. The zero-order valence-electron chi connectivity index (χ0n) is 12.5. The maximum Gasteiger partial charge on any atom is 0.183 e. The van der Waals surface area contributed by atoms with E-state index in [9.17, 15) is 0 Å². The highest BCUT2D eigenvalue weighted by molar-refractivity contribution is 5.42. The highest BCUT2D eigenvalue weighted by Gasteiger charge is 2.26. The molecule has 1 aliphatic rings. The van der Waals surface area contributed by atoms with E-state index in [1.807, 2.05) is 6.07 Å². The molecule has 112 valence electrons. The van der Waals surface area contributed by atoms with E-state index in [0.717, 1.165) is 43.2 Å². The summed E-state index contributed by atoms with van der Waals surface area (Å²) < 4.78 is 10.8. The van der Waals surface area contributed by atoms with Crippen molar-refractivity contribution in [3.63, 3.8) is 0 Å². The van der Waals surface area contributed by atoms with Crippen LogP contribution in [0.15, 0.2) is 12.3 Å². The van der Waals surface area contributed by atoms with E-state index >= 15 is 0 Å². The Labute approximate surface area is 121 Å². The minimum absolute atomic E-state index is 0.666. The molecule has 0 aliphatic heterocycles. The summed E-state index contributed by atoms with van der Waals surface area (Å²) >= 11 is 0. The molecular formula is C15H25N3O2. The number of methoxy groups -OCH3 is 2. The lowest BCUT2D eigenvalue weighted by atomic mass is 9.91. The van der Waals surface area contributed by atoms with E-state index in [1.165, 1.54) is 19.3 Å². The minimum atomic E-state index is 0.666. The Hall–Kier alpha value is -1.33. The van der Waals surface area contributed by atoms with Crippen molar-refractivity contribution in [2.75, 3.05) is 27.3 Å². The second kappa shape index (κ2) is 7.45. The Balaban J connectivity index is 2.12. The van der Waals surface area contributed by atoms with Gasteiger partial charge in [-0.2, -0.15) is 0 Å².